The molecule has 0 fully saturated rings. The van der Waals surface area contributed by atoms with Crippen LogP contribution in [0.25, 0.3) is 10.9 Å². The molecule has 1 heterocycles. The van der Waals surface area contributed by atoms with E-state index in [1.807, 2.05) is 13.1 Å². The van der Waals surface area contributed by atoms with Crippen molar-refractivity contribution in [2.75, 3.05) is 6.61 Å². The molecule has 1 N–H and O–H groups in total. The fourth-order valence-corrected chi connectivity index (χ4v) is 2.55. The van der Waals surface area contributed by atoms with Crippen molar-refractivity contribution in [2.45, 2.75) is 39.3 Å². The van der Waals surface area contributed by atoms with Crippen LogP contribution in [0.3, 0.4) is 0 Å². The molecule has 108 valence electrons. The van der Waals surface area contributed by atoms with Crippen LogP contribution in [0.5, 0.6) is 0 Å². The number of carboxylic acid groups (broad SMARTS) is 1. The molecular formula is C16H21NO3. The Hall–Kier alpha value is -1.81. The minimum atomic E-state index is -0.890. The van der Waals surface area contributed by atoms with Crippen LogP contribution in [0.4, 0.5) is 0 Å². The topological polar surface area (TPSA) is 51.5 Å². The van der Waals surface area contributed by atoms with Crippen LogP contribution in [-0.4, -0.2) is 28.4 Å². The zero-order valence-electron chi connectivity index (χ0n) is 12.0. The number of ether oxygens (including phenoxy) is 1. The average Bonchev–Trinajstić information content (AvgIpc) is 2.86. The second-order valence-corrected chi connectivity index (χ2v) is 4.79. The molecule has 0 radical (unpaired) electrons. The number of carbonyl (C=O) groups is 1. The van der Waals surface area contributed by atoms with E-state index in [1.165, 1.54) is 16.5 Å². The first-order valence-corrected chi connectivity index (χ1v) is 7.08. The van der Waals surface area contributed by atoms with E-state index in [1.54, 1.807) is 0 Å². The van der Waals surface area contributed by atoms with Gasteiger partial charge in [-0.3, -0.25) is 0 Å². The lowest BCUT2D eigenvalue weighted by atomic mass is 10.1. The number of nitrogens with zero attached hydrogens (tertiary/aromatic N) is 1. The Labute approximate surface area is 119 Å². The first kappa shape index (κ1) is 14.6. The van der Waals surface area contributed by atoms with Gasteiger partial charge in [0.1, 0.15) is 0 Å². The molecule has 0 amide bonds. The summed E-state index contributed by atoms with van der Waals surface area (Å²) in [5.41, 5.74) is 2.49. The second kappa shape index (κ2) is 6.57. The van der Waals surface area contributed by atoms with Crippen LogP contribution in [0.1, 0.15) is 25.8 Å². The Bertz CT molecular complexity index is 588. The zero-order chi connectivity index (χ0) is 14.5. The molecule has 0 saturated heterocycles. The standard InChI is InChI=1S/C16H21NO3/c1-3-12-6-5-7-13-8-10-17(15(12)13)11-9-14(16(18)19)20-4-2/h5-8,10,14H,3-4,9,11H2,1-2H3,(H,18,19). The van der Waals surface area contributed by atoms with Gasteiger partial charge in [0, 0.05) is 25.8 Å². The lowest BCUT2D eigenvalue weighted by Gasteiger charge is -2.14. The maximum absolute atomic E-state index is 11.1. The molecular weight excluding hydrogens is 254 g/mol. The van der Waals surface area contributed by atoms with Gasteiger partial charge in [-0.2, -0.15) is 0 Å². The highest BCUT2D eigenvalue weighted by atomic mass is 16.5. The minimum absolute atomic E-state index is 0.420. The quantitative estimate of drug-likeness (QED) is 0.844. The van der Waals surface area contributed by atoms with E-state index in [4.69, 9.17) is 9.84 Å². The molecule has 2 rings (SSSR count). The summed E-state index contributed by atoms with van der Waals surface area (Å²) in [5, 5.41) is 10.3. The molecule has 1 aromatic heterocycles. The average molecular weight is 275 g/mol. The number of fused-ring (bicyclic) bond motifs is 1. The predicted molar refractivity (Wildman–Crippen MR) is 79.0 cm³/mol. The summed E-state index contributed by atoms with van der Waals surface area (Å²) >= 11 is 0. The maximum atomic E-state index is 11.1. The van der Waals surface area contributed by atoms with Gasteiger partial charge in [-0.25, -0.2) is 4.79 Å². The zero-order valence-corrected chi connectivity index (χ0v) is 12.0. The molecule has 0 saturated carbocycles. The fourth-order valence-electron chi connectivity index (χ4n) is 2.55. The van der Waals surface area contributed by atoms with Crippen LogP contribution in [0.2, 0.25) is 0 Å². The highest BCUT2D eigenvalue weighted by Gasteiger charge is 2.17. The molecule has 4 heteroatoms. The van der Waals surface area contributed by atoms with Gasteiger partial charge in [-0.05, 0) is 30.4 Å². The number of aromatic nitrogens is 1. The minimum Gasteiger partial charge on any atom is -0.479 e. The van der Waals surface area contributed by atoms with Crippen LogP contribution >= 0.6 is 0 Å². The summed E-state index contributed by atoms with van der Waals surface area (Å²) in [6.07, 6.45) is 2.74. The van der Waals surface area contributed by atoms with Crippen molar-refractivity contribution in [3.8, 4) is 0 Å². The van der Waals surface area contributed by atoms with Crippen molar-refractivity contribution < 1.29 is 14.6 Å². The normalized spacial score (nSPS) is 12.7. The van der Waals surface area contributed by atoms with E-state index in [-0.39, 0.29) is 0 Å². The molecule has 1 unspecified atom stereocenters. The molecule has 0 bridgehead atoms. The summed E-state index contributed by atoms with van der Waals surface area (Å²) in [4.78, 5) is 11.1. The van der Waals surface area contributed by atoms with Gasteiger partial charge in [-0.1, -0.05) is 25.1 Å². The van der Waals surface area contributed by atoms with Crippen LogP contribution in [-0.2, 0) is 22.5 Å². The molecule has 0 aliphatic heterocycles. The Morgan fingerprint density at radius 2 is 2.15 bits per heavy atom. The first-order valence-electron chi connectivity index (χ1n) is 7.08. The smallest absolute Gasteiger partial charge is 0.332 e. The third kappa shape index (κ3) is 3.02. The summed E-state index contributed by atoms with van der Waals surface area (Å²) < 4.78 is 7.39. The molecule has 0 aliphatic carbocycles. The van der Waals surface area contributed by atoms with E-state index in [2.05, 4.69) is 35.8 Å². The van der Waals surface area contributed by atoms with E-state index in [9.17, 15) is 4.79 Å². The van der Waals surface area contributed by atoms with Gasteiger partial charge in [0.2, 0.25) is 0 Å². The van der Waals surface area contributed by atoms with Crippen molar-refractivity contribution >= 4 is 16.9 Å². The lowest BCUT2D eigenvalue weighted by Crippen LogP contribution is -2.25. The van der Waals surface area contributed by atoms with Crippen molar-refractivity contribution in [1.29, 1.82) is 0 Å². The summed E-state index contributed by atoms with van der Waals surface area (Å²) in [6.45, 7) is 5.02. The van der Waals surface area contributed by atoms with Crippen molar-refractivity contribution in [1.82, 2.24) is 4.57 Å². The van der Waals surface area contributed by atoms with Gasteiger partial charge in [0.25, 0.3) is 0 Å². The fraction of sp³-hybridized carbons (Fsp3) is 0.438. The van der Waals surface area contributed by atoms with Crippen LogP contribution in [0, 0.1) is 0 Å². The predicted octanol–water partition coefficient (Wildman–Crippen LogP) is 3.08. The monoisotopic (exact) mass is 275 g/mol. The Morgan fingerprint density at radius 1 is 1.35 bits per heavy atom. The van der Waals surface area contributed by atoms with Crippen LogP contribution < -0.4 is 0 Å². The largest absolute Gasteiger partial charge is 0.479 e. The van der Waals surface area contributed by atoms with Crippen molar-refractivity contribution in [2.24, 2.45) is 0 Å². The number of aliphatic carboxylic acids is 1. The number of hydrogen-bond acceptors (Lipinski definition) is 2. The second-order valence-electron chi connectivity index (χ2n) is 4.79. The van der Waals surface area contributed by atoms with Gasteiger partial charge in [0.15, 0.2) is 6.10 Å². The Kier molecular flexibility index (Phi) is 4.79. The molecule has 0 aliphatic rings. The van der Waals surface area contributed by atoms with Gasteiger partial charge >= 0.3 is 5.97 Å². The van der Waals surface area contributed by atoms with Gasteiger partial charge in [0.05, 0.1) is 5.52 Å². The number of benzene rings is 1. The Balaban J connectivity index is 2.19. The first-order chi connectivity index (χ1) is 9.67. The third-order valence-electron chi connectivity index (χ3n) is 3.53. The maximum Gasteiger partial charge on any atom is 0.332 e. The molecule has 2 aromatic rings. The number of rotatable bonds is 7. The highest BCUT2D eigenvalue weighted by molar-refractivity contribution is 5.83. The third-order valence-corrected chi connectivity index (χ3v) is 3.53. The number of hydrogen-bond donors (Lipinski definition) is 1. The summed E-state index contributed by atoms with van der Waals surface area (Å²) in [5.74, 6) is -0.890. The lowest BCUT2D eigenvalue weighted by molar-refractivity contribution is -0.150. The van der Waals surface area contributed by atoms with Crippen LogP contribution in [0.15, 0.2) is 30.5 Å². The SMILES string of the molecule is CCOC(CCn1ccc2cccc(CC)c21)C(=O)O. The van der Waals surface area contributed by atoms with E-state index >= 15 is 0 Å². The summed E-state index contributed by atoms with van der Waals surface area (Å²) in [6, 6.07) is 8.34. The molecule has 4 nitrogen and oxygen atoms in total. The number of carboxylic acids is 1. The highest BCUT2D eigenvalue weighted by Crippen LogP contribution is 2.21. The van der Waals surface area contributed by atoms with E-state index < -0.39 is 12.1 Å². The molecule has 1 aromatic carbocycles. The van der Waals surface area contributed by atoms with E-state index in [0.717, 1.165) is 6.42 Å². The van der Waals surface area contributed by atoms with Crippen molar-refractivity contribution in [3.05, 3.63) is 36.0 Å². The molecule has 0 spiro atoms. The molecule has 1 atom stereocenters. The van der Waals surface area contributed by atoms with Gasteiger partial charge < -0.3 is 14.4 Å². The van der Waals surface area contributed by atoms with E-state index in [0.29, 0.717) is 19.6 Å². The van der Waals surface area contributed by atoms with Crippen molar-refractivity contribution in [3.63, 3.8) is 0 Å². The summed E-state index contributed by atoms with van der Waals surface area (Å²) in [7, 11) is 0. The van der Waals surface area contributed by atoms with Gasteiger partial charge in [-0.15, -0.1) is 0 Å². The Morgan fingerprint density at radius 3 is 2.80 bits per heavy atom. The number of aryl methyl sites for hydroxylation is 2. The molecule has 20 heavy (non-hydrogen) atoms. The number of para-hydroxylation sites is 1.